The molecule has 9 heteroatoms. The molecule has 0 spiro atoms. The van der Waals surface area contributed by atoms with E-state index >= 15 is 0 Å². The number of hydrogen-bond donors (Lipinski definition) is 1. The van der Waals surface area contributed by atoms with Gasteiger partial charge in [0.15, 0.2) is 11.5 Å². The van der Waals surface area contributed by atoms with Crippen LogP contribution in [-0.4, -0.2) is 68.8 Å². The van der Waals surface area contributed by atoms with Crippen molar-refractivity contribution in [1.29, 1.82) is 0 Å². The van der Waals surface area contributed by atoms with Crippen LogP contribution < -0.4 is 10.2 Å². The van der Waals surface area contributed by atoms with Gasteiger partial charge in [0.1, 0.15) is 0 Å². The average molecular weight is 338 g/mol. The summed E-state index contributed by atoms with van der Waals surface area (Å²) >= 11 is 0. The van der Waals surface area contributed by atoms with E-state index in [9.17, 15) is 4.79 Å². The van der Waals surface area contributed by atoms with E-state index in [0.29, 0.717) is 12.2 Å². The zero-order chi connectivity index (χ0) is 17.1. The van der Waals surface area contributed by atoms with Crippen molar-refractivity contribution < 1.29 is 4.79 Å². The number of nitrogens with one attached hydrogen (secondary N) is 1. The van der Waals surface area contributed by atoms with Crippen LogP contribution in [0.5, 0.6) is 0 Å². The molecule has 4 rings (SSSR count). The summed E-state index contributed by atoms with van der Waals surface area (Å²) in [4.78, 5) is 16.5. The molecular formula is C16H18N8O. The highest BCUT2D eigenvalue weighted by molar-refractivity contribution is 5.92. The molecular weight excluding hydrogens is 320 g/mol. The topological polar surface area (TPSA) is 91.6 Å². The first-order valence-electron chi connectivity index (χ1n) is 8.15. The van der Waals surface area contributed by atoms with Gasteiger partial charge < -0.3 is 10.2 Å². The molecule has 1 aromatic carbocycles. The second-order valence-electron chi connectivity index (χ2n) is 5.90. The molecule has 0 aliphatic carbocycles. The molecule has 0 saturated carbocycles. The lowest BCUT2D eigenvalue weighted by Crippen LogP contribution is -2.49. The van der Waals surface area contributed by atoms with Gasteiger partial charge in [0.05, 0.1) is 6.54 Å². The zero-order valence-electron chi connectivity index (χ0n) is 13.6. The van der Waals surface area contributed by atoms with Crippen LogP contribution in [0, 0.1) is 0 Å². The van der Waals surface area contributed by atoms with Gasteiger partial charge in [-0.25, -0.2) is 0 Å². The van der Waals surface area contributed by atoms with Gasteiger partial charge in [-0.15, -0.1) is 14.8 Å². The maximum absolute atomic E-state index is 12.1. The monoisotopic (exact) mass is 338 g/mol. The summed E-state index contributed by atoms with van der Waals surface area (Å²) < 4.78 is 1.43. The minimum absolute atomic E-state index is 0.00730. The SMILES string of the molecule is O=C(CN1CCN(c2ccc3nnnn3n2)CC1)Nc1ccccc1. The Kier molecular flexibility index (Phi) is 4.21. The number of anilines is 2. The van der Waals surface area contributed by atoms with Crippen LogP contribution in [0.4, 0.5) is 11.5 Å². The van der Waals surface area contributed by atoms with Gasteiger partial charge in [-0.1, -0.05) is 18.2 Å². The van der Waals surface area contributed by atoms with Gasteiger partial charge >= 0.3 is 0 Å². The lowest BCUT2D eigenvalue weighted by atomic mass is 10.3. The molecule has 3 aromatic rings. The van der Waals surface area contributed by atoms with Crippen molar-refractivity contribution >= 4 is 23.1 Å². The Bertz CT molecular complexity index is 857. The molecule has 128 valence electrons. The molecule has 1 N–H and O–H groups in total. The first-order chi connectivity index (χ1) is 12.3. The van der Waals surface area contributed by atoms with Gasteiger partial charge in [-0.05, 0) is 34.7 Å². The maximum atomic E-state index is 12.1. The summed E-state index contributed by atoms with van der Waals surface area (Å²) in [6.45, 7) is 3.61. The first-order valence-corrected chi connectivity index (χ1v) is 8.15. The summed E-state index contributed by atoms with van der Waals surface area (Å²) in [5.74, 6) is 0.848. The van der Waals surface area contributed by atoms with Gasteiger partial charge in [0, 0.05) is 31.9 Å². The lowest BCUT2D eigenvalue weighted by Gasteiger charge is -2.34. The van der Waals surface area contributed by atoms with E-state index in [1.807, 2.05) is 42.5 Å². The number of benzene rings is 1. The number of piperazine rings is 1. The summed E-state index contributed by atoms with van der Waals surface area (Å²) in [6, 6.07) is 13.3. The van der Waals surface area contributed by atoms with Crippen molar-refractivity contribution in [2.45, 2.75) is 0 Å². The number of rotatable bonds is 4. The van der Waals surface area contributed by atoms with E-state index < -0.39 is 0 Å². The molecule has 1 saturated heterocycles. The molecule has 0 radical (unpaired) electrons. The predicted octanol–water partition coefficient (Wildman–Crippen LogP) is 0.280. The summed E-state index contributed by atoms with van der Waals surface area (Å²) in [7, 11) is 0. The van der Waals surface area contributed by atoms with Gasteiger partial charge in [0.2, 0.25) is 5.91 Å². The highest BCUT2D eigenvalue weighted by atomic mass is 16.2. The van der Waals surface area contributed by atoms with Crippen LogP contribution in [0.15, 0.2) is 42.5 Å². The Morgan fingerprint density at radius 2 is 1.84 bits per heavy atom. The molecule has 1 aliphatic rings. The normalized spacial score (nSPS) is 15.4. The molecule has 0 bridgehead atoms. The number of carbonyl (C=O) groups is 1. The third-order valence-electron chi connectivity index (χ3n) is 4.18. The Hall–Kier alpha value is -3.07. The van der Waals surface area contributed by atoms with Crippen molar-refractivity contribution in [2.24, 2.45) is 0 Å². The van der Waals surface area contributed by atoms with E-state index in [0.717, 1.165) is 37.7 Å². The fraction of sp³-hybridized carbons (Fsp3) is 0.312. The smallest absolute Gasteiger partial charge is 0.238 e. The van der Waals surface area contributed by atoms with Crippen LogP contribution in [0.1, 0.15) is 0 Å². The summed E-state index contributed by atoms with van der Waals surface area (Å²) in [5, 5.41) is 18.6. The minimum atomic E-state index is 0.00730. The molecule has 25 heavy (non-hydrogen) atoms. The molecule has 0 atom stereocenters. The summed E-state index contributed by atoms with van der Waals surface area (Å²) in [6.07, 6.45) is 0. The van der Waals surface area contributed by atoms with Gasteiger partial charge in [-0.2, -0.15) is 0 Å². The van der Waals surface area contributed by atoms with Crippen LogP contribution in [0.2, 0.25) is 0 Å². The highest BCUT2D eigenvalue weighted by Crippen LogP contribution is 2.13. The Morgan fingerprint density at radius 3 is 2.64 bits per heavy atom. The Morgan fingerprint density at radius 1 is 1.04 bits per heavy atom. The second-order valence-corrected chi connectivity index (χ2v) is 5.90. The Balaban J connectivity index is 1.31. The van der Waals surface area contributed by atoms with Crippen molar-refractivity contribution in [3.8, 4) is 0 Å². The van der Waals surface area contributed by atoms with Crippen molar-refractivity contribution in [1.82, 2.24) is 30.2 Å². The van der Waals surface area contributed by atoms with E-state index in [2.05, 4.69) is 35.7 Å². The first kappa shape index (κ1) is 15.5. The molecule has 0 unspecified atom stereocenters. The lowest BCUT2D eigenvalue weighted by molar-refractivity contribution is -0.117. The quantitative estimate of drug-likeness (QED) is 0.730. The van der Waals surface area contributed by atoms with E-state index in [4.69, 9.17) is 0 Å². The second kappa shape index (κ2) is 6.81. The third kappa shape index (κ3) is 3.56. The van der Waals surface area contributed by atoms with Crippen LogP contribution in [-0.2, 0) is 4.79 Å². The van der Waals surface area contributed by atoms with Crippen molar-refractivity contribution in [3.63, 3.8) is 0 Å². The molecule has 9 nitrogen and oxygen atoms in total. The number of hydrogen-bond acceptors (Lipinski definition) is 7. The Labute approximate surface area is 144 Å². The number of para-hydroxylation sites is 1. The number of nitrogens with zero attached hydrogens (tertiary/aromatic N) is 7. The standard InChI is InChI=1S/C16H18N8O/c25-16(17-13-4-2-1-3-5-13)12-22-8-10-23(11-9-22)15-7-6-14-18-20-21-24(14)19-15/h1-7H,8-12H2,(H,17,25). The summed E-state index contributed by atoms with van der Waals surface area (Å²) in [5.41, 5.74) is 1.45. The van der Waals surface area contributed by atoms with Gasteiger partial charge in [-0.3, -0.25) is 9.69 Å². The number of tetrazole rings is 1. The van der Waals surface area contributed by atoms with E-state index in [1.165, 1.54) is 4.63 Å². The number of carbonyl (C=O) groups excluding carboxylic acids is 1. The molecule has 1 amide bonds. The van der Waals surface area contributed by atoms with Gasteiger partial charge in [0.25, 0.3) is 0 Å². The fourth-order valence-corrected chi connectivity index (χ4v) is 2.87. The van der Waals surface area contributed by atoms with Crippen LogP contribution >= 0.6 is 0 Å². The number of aromatic nitrogens is 5. The van der Waals surface area contributed by atoms with Crippen LogP contribution in [0.3, 0.4) is 0 Å². The average Bonchev–Trinajstić information content (AvgIpc) is 3.11. The number of fused-ring (bicyclic) bond motifs is 1. The predicted molar refractivity (Wildman–Crippen MR) is 92.3 cm³/mol. The van der Waals surface area contributed by atoms with Crippen molar-refractivity contribution in [2.75, 3.05) is 42.9 Å². The zero-order valence-corrected chi connectivity index (χ0v) is 13.6. The number of amides is 1. The highest BCUT2D eigenvalue weighted by Gasteiger charge is 2.20. The molecule has 3 heterocycles. The molecule has 1 aliphatic heterocycles. The minimum Gasteiger partial charge on any atom is -0.353 e. The van der Waals surface area contributed by atoms with Crippen molar-refractivity contribution in [3.05, 3.63) is 42.5 Å². The van der Waals surface area contributed by atoms with E-state index in [1.54, 1.807) is 0 Å². The molecule has 1 fully saturated rings. The van der Waals surface area contributed by atoms with Crippen LogP contribution in [0.25, 0.3) is 5.65 Å². The van der Waals surface area contributed by atoms with E-state index in [-0.39, 0.29) is 5.91 Å². The largest absolute Gasteiger partial charge is 0.353 e. The molecule has 2 aromatic heterocycles. The fourth-order valence-electron chi connectivity index (χ4n) is 2.87. The third-order valence-corrected chi connectivity index (χ3v) is 4.18. The maximum Gasteiger partial charge on any atom is 0.238 e.